The van der Waals surface area contributed by atoms with Gasteiger partial charge in [-0.15, -0.1) is 0 Å². The zero-order valence-corrected chi connectivity index (χ0v) is 10.6. The fourth-order valence-electron chi connectivity index (χ4n) is 2.20. The quantitative estimate of drug-likeness (QED) is 0.858. The Hall–Kier alpha value is -1.58. The Kier molecular flexibility index (Phi) is 4.18. The molecule has 1 aromatic rings. The zero-order chi connectivity index (χ0) is 13.0. The first-order valence-electron chi connectivity index (χ1n) is 6.08. The second-order valence-electron chi connectivity index (χ2n) is 4.49. The number of nitrogens with zero attached hydrogens (tertiary/aromatic N) is 3. The summed E-state index contributed by atoms with van der Waals surface area (Å²) in [5, 5.41) is 13.5. The predicted molar refractivity (Wildman–Crippen MR) is 65.6 cm³/mol. The molecule has 0 unspecified atom stereocenters. The van der Waals surface area contributed by atoms with E-state index in [2.05, 4.69) is 11.2 Å². The van der Waals surface area contributed by atoms with Crippen LogP contribution in [0.15, 0.2) is 0 Å². The van der Waals surface area contributed by atoms with Crippen LogP contribution in [0.4, 0.5) is 5.82 Å². The molecule has 0 spiro atoms. The van der Waals surface area contributed by atoms with Gasteiger partial charge >= 0.3 is 0 Å². The highest BCUT2D eigenvalue weighted by Gasteiger charge is 2.20. The molecule has 0 radical (unpaired) electrons. The maximum absolute atomic E-state index is 9.09. The number of hydrogen-bond acceptors (Lipinski definition) is 5. The van der Waals surface area contributed by atoms with E-state index in [4.69, 9.17) is 20.5 Å². The van der Waals surface area contributed by atoms with Crippen LogP contribution in [-0.4, -0.2) is 30.1 Å². The smallest absolute Gasteiger partial charge is 0.140 e. The largest absolute Gasteiger partial charge is 0.383 e. The highest BCUT2D eigenvalue weighted by Crippen LogP contribution is 2.22. The van der Waals surface area contributed by atoms with Gasteiger partial charge in [-0.1, -0.05) is 0 Å². The number of aromatic nitrogens is 2. The summed E-state index contributed by atoms with van der Waals surface area (Å²) in [6.07, 6.45) is 2.03. The summed E-state index contributed by atoms with van der Waals surface area (Å²) < 4.78 is 12.1. The number of rotatable bonds is 4. The number of hydrogen-bond donors (Lipinski definition) is 1. The van der Waals surface area contributed by atoms with Crippen LogP contribution in [0.1, 0.15) is 24.1 Å². The fourth-order valence-corrected chi connectivity index (χ4v) is 2.20. The minimum Gasteiger partial charge on any atom is -0.383 e. The molecule has 1 fully saturated rings. The lowest BCUT2D eigenvalue weighted by atomic mass is 10.0. The Morgan fingerprint density at radius 3 is 2.89 bits per heavy atom. The van der Waals surface area contributed by atoms with E-state index in [0.29, 0.717) is 29.6 Å². The van der Waals surface area contributed by atoms with Crippen molar-refractivity contribution in [1.29, 1.82) is 5.26 Å². The van der Waals surface area contributed by atoms with E-state index < -0.39 is 0 Å². The van der Waals surface area contributed by atoms with Gasteiger partial charge in [0.15, 0.2) is 0 Å². The van der Waals surface area contributed by atoms with Gasteiger partial charge in [-0.3, -0.25) is 0 Å². The lowest BCUT2D eigenvalue weighted by molar-refractivity contribution is 0.0602. The van der Waals surface area contributed by atoms with E-state index in [-0.39, 0.29) is 0 Å². The van der Waals surface area contributed by atoms with Gasteiger partial charge in [0.1, 0.15) is 23.1 Å². The molecule has 1 saturated heterocycles. The van der Waals surface area contributed by atoms with Crippen molar-refractivity contribution >= 4 is 5.82 Å². The summed E-state index contributed by atoms with van der Waals surface area (Å²) in [6.45, 7) is 2.64. The number of anilines is 1. The summed E-state index contributed by atoms with van der Waals surface area (Å²) >= 11 is 0. The van der Waals surface area contributed by atoms with Crippen molar-refractivity contribution in [3.05, 3.63) is 11.3 Å². The first-order chi connectivity index (χ1) is 8.76. The molecule has 0 aromatic carbocycles. The first kappa shape index (κ1) is 12.9. The number of nitrogen functional groups attached to an aromatic ring is 1. The van der Waals surface area contributed by atoms with E-state index in [1.165, 1.54) is 0 Å². The van der Waals surface area contributed by atoms with Gasteiger partial charge in [0.25, 0.3) is 0 Å². The van der Waals surface area contributed by atoms with Crippen LogP contribution < -0.4 is 5.73 Å². The lowest BCUT2D eigenvalue weighted by Crippen LogP contribution is -2.21. The third-order valence-electron chi connectivity index (χ3n) is 3.23. The summed E-state index contributed by atoms with van der Waals surface area (Å²) in [6, 6.07) is 2.09. The molecule has 0 atom stereocenters. The molecule has 0 aliphatic carbocycles. The minimum atomic E-state index is 0.313. The standard InChI is InChI=1S/C12H18N4O2/c1-17-8-11-10(6-13)12(14)16(15-11)7-9-2-4-18-5-3-9/h9H,2-5,7-8,14H2,1H3. The predicted octanol–water partition coefficient (Wildman–Crippen LogP) is 0.910. The Bertz CT molecular complexity index is 444. The average molecular weight is 250 g/mol. The second-order valence-corrected chi connectivity index (χ2v) is 4.49. The van der Waals surface area contributed by atoms with Crippen LogP contribution in [0.5, 0.6) is 0 Å². The van der Waals surface area contributed by atoms with Crippen molar-refractivity contribution in [2.75, 3.05) is 26.1 Å². The second kappa shape index (κ2) is 5.85. The van der Waals surface area contributed by atoms with Crippen molar-refractivity contribution in [3.63, 3.8) is 0 Å². The van der Waals surface area contributed by atoms with Crippen LogP contribution in [0.25, 0.3) is 0 Å². The van der Waals surface area contributed by atoms with Crippen LogP contribution in [0.3, 0.4) is 0 Å². The Morgan fingerprint density at radius 2 is 2.28 bits per heavy atom. The number of methoxy groups -OCH3 is 1. The molecule has 18 heavy (non-hydrogen) atoms. The Morgan fingerprint density at radius 1 is 1.56 bits per heavy atom. The molecule has 6 nitrogen and oxygen atoms in total. The summed E-state index contributed by atoms with van der Waals surface area (Å²) in [7, 11) is 1.58. The van der Waals surface area contributed by atoms with Gasteiger partial charge in [-0.25, -0.2) is 4.68 Å². The van der Waals surface area contributed by atoms with E-state index in [1.54, 1.807) is 11.8 Å². The topological polar surface area (TPSA) is 86.1 Å². The van der Waals surface area contributed by atoms with Gasteiger partial charge in [-0.05, 0) is 18.8 Å². The van der Waals surface area contributed by atoms with E-state index in [1.807, 2.05) is 0 Å². The normalized spacial score (nSPS) is 16.7. The zero-order valence-electron chi connectivity index (χ0n) is 10.6. The van der Waals surface area contributed by atoms with Gasteiger partial charge in [0.05, 0.1) is 6.61 Å². The molecule has 1 aromatic heterocycles. The highest BCUT2D eigenvalue weighted by molar-refractivity contribution is 5.51. The summed E-state index contributed by atoms with van der Waals surface area (Å²) in [4.78, 5) is 0. The maximum Gasteiger partial charge on any atom is 0.140 e. The molecule has 2 rings (SSSR count). The van der Waals surface area contributed by atoms with Crippen molar-refractivity contribution in [1.82, 2.24) is 9.78 Å². The van der Waals surface area contributed by atoms with E-state index >= 15 is 0 Å². The Balaban J connectivity index is 2.14. The highest BCUT2D eigenvalue weighted by atomic mass is 16.5. The third kappa shape index (κ3) is 2.63. The molecule has 98 valence electrons. The van der Waals surface area contributed by atoms with Crippen LogP contribution in [0, 0.1) is 17.2 Å². The van der Waals surface area contributed by atoms with Crippen molar-refractivity contribution < 1.29 is 9.47 Å². The van der Waals surface area contributed by atoms with Crippen LogP contribution in [-0.2, 0) is 22.6 Å². The van der Waals surface area contributed by atoms with E-state index in [9.17, 15) is 0 Å². The fraction of sp³-hybridized carbons (Fsp3) is 0.667. The summed E-state index contributed by atoms with van der Waals surface area (Å²) in [5.74, 6) is 0.957. The average Bonchev–Trinajstić information content (AvgIpc) is 2.67. The SMILES string of the molecule is COCc1nn(CC2CCOCC2)c(N)c1C#N. The summed E-state index contributed by atoms with van der Waals surface area (Å²) in [5.41, 5.74) is 7.00. The van der Waals surface area contributed by atoms with Gasteiger partial charge < -0.3 is 15.2 Å². The molecule has 1 aliphatic rings. The van der Waals surface area contributed by atoms with Gasteiger partial charge in [-0.2, -0.15) is 10.4 Å². The molecular formula is C12H18N4O2. The Labute approximate surface area is 106 Å². The number of nitrogens with two attached hydrogens (primary N) is 1. The van der Waals surface area contributed by atoms with E-state index in [0.717, 1.165) is 32.6 Å². The minimum absolute atomic E-state index is 0.313. The van der Waals surface area contributed by atoms with Crippen molar-refractivity contribution in [3.8, 4) is 6.07 Å². The van der Waals surface area contributed by atoms with Gasteiger partial charge in [0.2, 0.25) is 0 Å². The molecule has 6 heteroatoms. The molecular weight excluding hydrogens is 232 g/mol. The van der Waals surface area contributed by atoms with Gasteiger partial charge in [0, 0.05) is 26.9 Å². The number of ether oxygens (including phenoxy) is 2. The molecule has 0 bridgehead atoms. The molecule has 0 saturated carbocycles. The monoisotopic (exact) mass is 250 g/mol. The van der Waals surface area contributed by atoms with Crippen LogP contribution >= 0.6 is 0 Å². The molecule has 1 aliphatic heterocycles. The van der Waals surface area contributed by atoms with Crippen LogP contribution in [0.2, 0.25) is 0 Å². The molecule has 0 amide bonds. The van der Waals surface area contributed by atoms with Crippen molar-refractivity contribution in [2.45, 2.75) is 26.0 Å². The molecule has 2 heterocycles. The lowest BCUT2D eigenvalue weighted by Gasteiger charge is -2.22. The third-order valence-corrected chi connectivity index (χ3v) is 3.23. The molecule has 2 N–H and O–H groups in total. The maximum atomic E-state index is 9.09. The first-order valence-corrected chi connectivity index (χ1v) is 6.08. The van der Waals surface area contributed by atoms with Crippen molar-refractivity contribution in [2.24, 2.45) is 5.92 Å². The number of nitriles is 1.